The summed E-state index contributed by atoms with van der Waals surface area (Å²) < 4.78 is 0. The molecule has 0 aromatic heterocycles. The van der Waals surface area contributed by atoms with Gasteiger partial charge in [-0.25, -0.2) is 5.53 Å². The fourth-order valence-corrected chi connectivity index (χ4v) is 2.39. The van der Waals surface area contributed by atoms with E-state index in [2.05, 4.69) is 5.11 Å². The molecule has 3 aliphatic carbocycles. The summed E-state index contributed by atoms with van der Waals surface area (Å²) in [5, 5.41) is 3.79. The van der Waals surface area contributed by atoms with Crippen LogP contribution >= 0.6 is 0 Å². The van der Waals surface area contributed by atoms with Gasteiger partial charge in [-0.15, -0.1) is 0 Å². The molecule has 0 aromatic carbocycles. The molecule has 0 unspecified atom stereocenters. The Bertz CT molecular complexity index is 132. The summed E-state index contributed by atoms with van der Waals surface area (Å²) >= 11 is 0. The highest BCUT2D eigenvalue weighted by molar-refractivity contribution is 4.96. The summed E-state index contributed by atoms with van der Waals surface area (Å²) in [7, 11) is 0. The third-order valence-corrected chi connectivity index (χ3v) is 3.29. The van der Waals surface area contributed by atoms with Crippen molar-refractivity contribution in [1.29, 1.82) is 5.53 Å². The molecular weight excluding hydrogens is 124 g/mol. The Balaban J connectivity index is 2.15. The Labute approximate surface area is 61.5 Å². The molecule has 1 N–H and O–H groups in total. The van der Waals surface area contributed by atoms with Crippen LogP contribution in [0.2, 0.25) is 0 Å². The van der Waals surface area contributed by atoms with Gasteiger partial charge in [0, 0.05) is 0 Å². The van der Waals surface area contributed by atoms with E-state index in [0.717, 1.165) is 5.92 Å². The molecule has 0 heterocycles. The first kappa shape index (κ1) is 6.32. The fraction of sp³-hybridized carbons (Fsp3) is 1.00. The maximum absolute atomic E-state index is 7.09. The first-order valence-electron chi connectivity index (χ1n) is 4.23. The Morgan fingerprint density at radius 3 is 1.90 bits per heavy atom. The van der Waals surface area contributed by atoms with Crippen molar-refractivity contribution in [2.24, 2.45) is 11.0 Å². The molecule has 0 radical (unpaired) electrons. The molecule has 3 aliphatic rings. The maximum Gasteiger partial charge on any atom is 0.0813 e. The van der Waals surface area contributed by atoms with Gasteiger partial charge in [0.2, 0.25) is 0 Å². The zero-order valence-electron chi connectivity index (χ0n) is 6.27. The van der Waals surface area contributed by atoms with Crippen molar-refractivity contribution < 1.29 is 0 Å². The normalized spacial score (nSPS) is 45.4. The Morgan fingerprint density at radius 2 is 1.60 bits per heavy atom. The molecule has 0 spiro atoms. The van der Waals surface area contributed by atoms with E-state index in [1.54, 1.807) is 0 Å². The summed E-state index contributed by atoms with van der Waals surface area (Å²) in [5.41, 5.74) is 7.21. The van der Waals surface area contributed by atoms with E-state index in [4.69, 9.17) is 5.53 Å². The van der Waals surface area contributed by atoms with Gasteiger partial charge in [0.25, 0.3) is 0 Å². The van der Waals surface area contributed by atoms with Gasteiger partial charge < -0.3 is 0 Å². The molecule has 2 nitrogen and oxygen atoms in total. The van der Waals surface area contributed by atoms with Crippen LogP contribution in [0.15, 0.2) is 5.11 Å². The fourth-order valence-electron chi connectivity index (χ4n) is 2.39. The zero-order chi connectivity index (χ0) is 7.03. The van der Waals surface area contributed by atoms with Crippen LogP contribution in [-0.4, -0.2) is 5.54 Å². The van der Waals surface area contributed by atoms with Crippen molar-refractivity contribution in [2.75, 3.05) is 0 Å². The van der Waals surface area contributed by atoms with Crippen LogP contribution in [0.5, 0.6) is 0 Å². The summed E-state index contributed by atoms with van der Waals surface area (Å²) in [4.78, 5) is 0. The average Bonchev–Trinajstić information content (AvgIpc) is 2.08. The first-order chi connectivity index (χ1) is 4.85. The Hall–Kier alpha value is -0.400. The van der Waals surface area contributed by atoms with Crippen LogP contribution in [0, 0.1) is 11.4 Å². The van der Waals surface area contributed by atoms with E-state index in [9.17, 15) is 0 Å². The molecular formula is C8H14N2. The quantitative estimate of drug-likeness (QED) is 0.541. The number of rotatable bonds is 1. The molecule has 10 heavy (non-hydrogen) atoms. The molecule has 0 amide bonds. The molecule has 2 heteroatoms. The first-order valence-corrected chi connectivity index (χ1v) is 4.23. The number of fused-ring (bicyclic) bond motifs is 3. The molecule has 3 saturated carbocycles. The van der Waals surface area contributed by atoms with Gasteiger partial charge in [-0.1, -0.05) is 0 Å². The average molecular weight is 138 g/mol. The van der Waals surface area contributed by atoms with Gasteiger partial charge in [0.15, 0.2) is 0 Å². The van der Waals surface area contributed by atoms with Crippen LogP contribution in [-0.2, 0) is 0 Å². The second-order valence-electron chi connectivity index (χ2n) is 3.82. The number of hydrogen-bond donors (Lipinski definition) is 1. The standard InChI is InChI=1S/C8H14N2/c9-10-8-4-1-7(2-5-8)3-6-8/h7,9H,1-6H2. The molecule has 0 aromatic rings. The van der Waals surface area contributed by atoms with Crippen LogP contribution in [0.3, 0.4) is 0 Å². The van der Waals surface area contributed by atoms with Gasteiger partial charge in [0.1, 0.15) is 0 Å². The molecule has 2 bridgehead atoms. The highest BCUT2D eigenvalue weighted by Gasteiger charge is 2.40. The van der Waals surface area contributed by atoms with E-state index in [0.29, 0.717) is 0 Å². The van der Waals surface area contributed by atoms with E-state index in [-0.39, 0.29) is 5.54 Å². The zero-order valence-corrected chi connectivity index (χ0v) is 6.27. The van der Waals surface area contributed by atoms with E-state index >= 15 is 0 Å². The van der Waals surface area contributed by atoms with Gasteiger partial charge >= 0.3 is 0 Å². The minimum Gasteiger partial charge on any atom is -0.209 e. The molecule has 56 valence electrons. The predicted molar refractivity (Wildman–Crippen MR) is 39.1 cm³/mol. The van der Waals surface area contributed by atoms with Crippen molar-refractivity contribution in [3.05, 3.63) is 0 Å². The highest BCUT2D eigenvalue weighted by atomic mass is 15.0. The van der Waals surface area contributed by atoms with Gasteiger partial charge in [-0.3, -0.25) is 0 Å². The Kier molecular flexibility index (Phi) is 1.29. The molecule has 3 fully saturated rings. The molecule has 0 saturated heterocycles. The third-order valence-electron chi connectivity index (χ3n) is 3.29. The molecule has 0 aliphatic heterocycles. The third kappa shape index (κ3) is 0.780. The van der Waals surface area contributed by atoms with E-state index < -0.39 is 0 Å². The smallest absolute Gasteiger partial charge is 0.0813 e. The Morgan fingerprint density at radius 1 is 1.10 bits per heavy atom. The maximum atomic E-state index is 7.09. The SMILES string of the molecule is N=NC12CCC(CC1)CC2. The lowest BCUT2D eigenvalue weighted by molar-refractivity contribution is 0.134. The molecule has 3 rings (SSSR count). The lowest BCUT2D eigenvalue weighted by Crippen LogP contribution is -2.37. The van der Waals surface area contributed by atoms with E-state index in [1.807, 2.05) is 0 Å². The topological polar surface area (TPSA) is 36.2 Å². The second-order valence-corrected chi connectivity index (χ2v) is 3.82. The second kappa shape index (κ2) is 2.04. The number of nitrogens with zero attached hydrogens (tertiary/aromatic N) is 1. The molecule has 0 atom stereocenters. The summed E-state index contributed by atoms with van der Waals surface area (Å²) in [5.74, 6) is 0.989. The predicted octanol–water partition coefficient (Wildman–Crippen LogP) is 2.74. The largest absolute Gasteiger partial charge is 0.209 e. The van der Waals surface area contributed by atoms with Gasteiger partial charge in [0.05, 0.1) is 5.54 Å². The summed E-state index contributed by atoms with van der Waals surface area (Å²) in [6.07, 6.45) is 7.59. The minimum atomic E-state index is 0.120. The minimum absolute atomic E-state index is 0.120. The lowest BCUT2D eigenvalue weighted by atomic mass is 9.66. The van der Waals surface area contributed by atoms with Crippen molar-refractivity contribution in [3.8, 4) is 0 Å². The van der Waals surface area contributed by atoms with Crippen LogP contribution in [0.25, 0.3) is 0 Å². The van der Waals surface area contributed by atoms with Crippen LogP contribution in [0.4, 0.5) is 0 Å². The van der Waals surface area contributed by atoms with Crippen molar-refractivity contribution >= 4 is 0 Å². The lowest BCUT2D eigenvalue weighted by Gasteiger charge is -2.42. The number of hydrogen-bond acceptors (Lipinski definition) is 2. The summed E-state index contributed by atoms with van der Waals surface area (Å²) in [6, 6.07) is 0. The monoisotopic (exact) mass is 138 g/mol. The highest BCUT2D eigenvalue weighted by Crippen LogP contribution is 2.46. The van der Waals surface area contributed by atoms with Crippen LogP contribution < -0.4 is 0 Å². The van der Waals surface area contributed by atoms with E-state index in [1.165, 1.54) is 38.5 Å². The summed E-state index contributed by atoms with van der Waals surface area (Å²) in [6.45, 7) is 0. The van der Waals surface area contributed by atoms with Crippen molar-refractivity contribution in [3.63, 3.8) is 0 Å². The van der Waals surface area contributed by atoms with Gasteiger partial charge in [-0.05, 0) is 44.4 Å². The van der Waals surface area contributed by atoms with Gasteiger partial charge in [-0.2, -0.15) is 5.11 Å². The van der Waals surface area contributed by atoms with Crippen LogP contribution in [0.1, 0.15) is 38.5 Å². The number of nitrogens with one attached hydrogen (secondary N) is 1. The van der Waals surface area contributed by atoms with Crippen molar-refractivity contribution in [1.82, 2.24) is 0 Å². The van der Waals surface area contributed by atoms with Crippen molar-refractivity contribution in [2.45, 2.75) is 44.1 Å².